The van der Waals surface area contributed by atoms with Gasteiger partial charge in [-0.15, -0.1) is 11.3 Å². The van der Waals surface area contributed by atoms with Gasteiger partial charge in [-0.2, -0.15) is 0 Å². The molecule has 1 aliphatic rings. The van der Waals surface area contributed by atoms with Crippen molar-refractivity contribution in [2.45, 2.75) is 19.3 Å². The van der Waals surface area contributed by atoms with Crippen LogP contribution in [-0.4, -0.2) is 18.3 Å². The highest BCUT2D eigenvalue weighted by Gasteiger charge is 2.35. The van der Waals surface area contributed by atoms with Crippen molar-refractivity contribution in [2.24, 2.45) is 0 Å². The van der Waals surface area contributed by atoms with Gasteiger partial charge in [0.2, 0.25) is 0 Å². The maximum absolute atomic E-state index is 2.52. The molecule has 5 aromatic heterocycles. The van der Waals surface area contributed by atoms with Crippen molar-refractivity contribution in [1.82, 2.24) is 18.3 Å². The van der Waals surface area contributed by atoms with Gasteiger partial charge in [0.1, 0.15) is 0 Å². The Morgan fingerprint density at radius 3 is 1.82 bits per heavy atom. The first-order chi connectivity index (χ1) is 35.5. The van der Waals surface area contributed by atoms with Crippen LogP contribution in [0.15, 0.2) is 231 Å². The van der Waals surface area contributed by atoms with Gasteiger partial charge >= 0.3 is 0 Å². The summed E-state index contributed by atoms with van der Waals surface area (Å²) in [4.78, 5) is 0. The number of aromatic nitrogens is 4. The first-order valence-electron chi connectivity index (χ1n) is 24.9. The molecule has 1 aliphatic carbocycles. The van der Waals surface area contributed by atoms with E-state index in [2.05, 4.69) is 263 Å². The Morgan fingerprint density at radius 1 is 0.361 bits per heavy atom. The van der Waals surface area contributed by atoms with Crippen LogP contribution in [0.1, 0.15) is 25.0 Å². The van der Waals surface area contributed by atoms with Gasteiger partial charge in [-0.25, -0.2) is 0 Å². The van der Waals surface area contributed by atoms with Crippen molar-refractivity contribution in [2.75, 3.05) is 0 Å². The summed E-state index contributed by atoms with van der Waals surface area (Å²) < 4.78 is 12.4. The minimum atomic E-state index is -0.104. The van der Waals surface area contributed by atoms with Crippen LogP contribution >= 0.6 is 11.3 Å². The summed E-state index contributed by atoms with van der Waals surface area (Å²) in [7, 11) is 0. The maximum atomic E-state index is 2.52. The molecule has 72 heavy (non-hydrogen) atoms. The van der Waals surface area contributed by atoms with E-state index in [4.69, 9.17) is 0 Å². The molecular weight excluding hydrogens is 893 g/mol. The molecule has 0 fully saturated rings. The molecule has 5 heterocycles. The first kappa shape index (κ1) is 39.9. The van der Waals surface area contributed by atoms with E-state index in [0.717, 1.165) is 17.1 Å². The minimum Gasteiger partial charge on any atom is -0.317 e. The van der Waals surface area contributed by atoms with Gasteiger partial charge in [-0.05, 0) is 131 Å². The Bertz CT molecular complexity index is 4760. The van der Waals surface area contributed by atoms with Crippen LogP contribution in [0.25, 0.3) is 131 Å². The van der Waals surface area contributed by atoms with Crippen LogP contribution in [0, 0.1) is 0 Å². The molecule has 0 amide bonds. The van der Waals surface area contributed by atoms with Gasteiger partial charge in [0.05, 0.1) is 49.2 Å². The third kappa shape index (κ3) is 5.35. The maximum Gasteiger partial charge on any atom is 0.0640 e. The quantitative estimate of drug-likeness (QED) is 0.164. The zero-order valence-electron chi connectivity index (χ0n) is 39.6. The van der Waals surface area contributed by atoms with E-state index in [1.807, 2.05) is 11.3 Å². The minimum absolute atomic E-state index is 0.104. The van der Waals surface area contributed by atoms with E-state index in [0.29, 0.717) is 0 Å². The largest absolute Gasteiger partial charge is 0.317 e. The van der Waals surface area contributed by atoms with Gasteiger partial charge in [0, 0.05) is 76.5 Å². The third-order valence-corrected chi connectivity index (χ3v) is 17.2. The molecule has 0 spiro atoms. The molecule has 0 unspecified atom stereocenters. The lowest BCUT2D eigenvalue weighted by Crippen LogP contribution is -2.15. The fourth-order valence-electron chi connectivity index (χ4n) is 12.8. The molecule has 0 atom stereocenters. The average molecular weight is 937 g/mol. The summed E-state index contributed by atoms with van der Waals surface area (Å²) in [5.74, 6) is 0. The van der Waals surface area contributed by atoms with Gasteiger partial charge in [-0.1, -0.05) is 135 Å². The van der Waals surface area contributed by atoms with Crippen LogP contribution in [-0.2, 0) is 5.41 Å². The number of para-hydroxylation sites is 3. The Balaban J connectivity index is 0.967. The van der Waals surface area contributed by atoms with Crippen molar-refractivity contribution < 1.29 is 0 Å². The van der Waals surface area contributed by atoms with Gasteiger partial charge in [0.25, 0.3) is 0 Å². The summed E-state index contributed by atoms with van der Waals surface area (Å²) in [5, 5.41) is 10.1. The normalized spacial score (nSPS) is 13.2. The zero-order chi connectivity index (χ0) is 47.4. The molecule has 16 rings (SSSR count). The standard InChI is InChI=1S/C67H44N4S/c1-67(2)53-24-12-9-20-45(53)46-30-29-44(39-54(46)67)70-56-25-13-10-22-49(56)64-52-40-62(69(43-18-7-4-8-19-43)57(52)33-35-59(64)70)41-28-31-58-51(38-41)65-50-36-37-68(42-16-5-3-6-17-42)55(50)32-34-60(65)71(58)61-26-15-23-48-47-21-11-14-27-63(47)72-66(48)61/h3-40H,1-2H3. The monoisotopic (exact) mass is 936 g/mol. The average Bonchev–Trinajstić information content (AvgIpc) is 4.29. The van der Waals surface area contributed by atoms with Crippen LogP contribution < -0.4 is 0 Å². The van der Waals surface area contributed by atoms with Gasteiger partial charge < -0.3 is 18.3 Å². The lowest BCUT2D eigenvalue weighted by atomic mass is 9.82. The number of hydrogen-bond acceptors (Lipinski definition) is 1. The summed E-state index contributed by atoms with van der Waals surface area (Å²) in [6, 6.07) is 83.6. The molecule has 0 N–H and O–H groups in total. The number of benzene rings is 10. The molecule has 4 nitrogen and oxygen atoms in total. The topological polar surface area (TPSA) is 19.7 Å². The third-order valence-electron chi connectivity index (χ3n) is 16.0. The van der Waals surface area contributed by atoms with Crippen molar-refractivity contribution in [3.8, 4) is 45.1 Å². The molecule has 0 saturated heterocycles. The predicted octanol–water partition coefficient (Wildman–Crippen LogP) is 18.1. The molecule has 0 saturated carbocycles. The molecule has 0 bridgehead atoms. The summed E-state index contributed by atoms with van der Waals surface area (Å²) >= 11 is 1.88. The number of nitrogens with zero attached hydrogens (tertiary/aromatic N) is 4. The second-order valence-electron chi connectivity index (χ2n) is 20.1. The molecular formula is C67H44N4S. The second-order valence-corrected chi connectivity index (χ2v) is 21.1. The highest BCUT2D eigenvalue weighted by atomic mass is 32.1. The molecule has 10 aromatic carbocycles. The van der Waals surface area contributed by atoms with E-state index in [-0.39, 0.29) is 5.41 Å². The number of thiophene rings is 1. The van der Waals surface area contributed by atoms with Crippen LogP contribution in [0.3, 0.4) is 0 Å². The first-order valence-corrected chi connectivity index (χ1v) is 25.7. The van der Waals surface area contributed by atoms with Crippen LogP contribution in [0.2, 0.25) is 0 Å². The van der Waals surface area contributed by atoms with Gasteiger partial charge in [0.15, 0.2) is 0 Å². The van der Waals surface area contributed by atoms with Crippen molar-refractivity contribution in [3.63, 3.8) is 0 Å². The second kappa shape index (κ2) is 14.6. The van der Waals surface area contributed by atoms with Crippen molar-refractivity contribution >= 4 is 96.9 Å². The Kier molecular flexibility index (Phi) is 8.08. The van der Waals surface area contributed by atoms with E-state index >= 15 is 0 Å². The highest BCUT2D eigenvalue weighted by Crippen LogP contribution is 2.51. The lowest BCUT2D eigenvalue weighted by molar-refractivity contribution is 0.660. The SMILES string of the molecule is CC1(C)c2ccccc2-c2ccc(-n3c4ccccc4c4c5cc(-c6ccc7c(c6)c6c8ccn(-c9ccccc9)c8ccc6n7-c6cccc7c6sc6ccccc67)n(-c6ccccc6)c5ccc43)cc21. The number of rotatable bonds is 5. The predicted molar refractivity (Wildman–Crippen MR) is 305 cm³/mol. The fourth-order valence-corrected chi connectivity index (χ4v) is 14.0. The molecule has 338 valence electrons. The molecule has 15 aromatic rings. The van der Waals surface area contributed by atoms with Crippen LogP contribution in [0.5, 0.6) is 0 Å². The smallest absolute Gasteiger partial charge is 0.0640 e. The summed E-state index contributed by atoms with van der Waals surface area (Å²) in [6.07, 6.45) is 2.23. The van der Waals surface area contributed by atoms with Crippen molar-refractivity contribution in [1.29, 1.82) is 0 Å². The highest BCUT2D eigenvalue weighted by molar-refractivity contribution is 7.26. The number of fused-ring (bicyclic) bond motifs is 16. The summed E-state index contributed by atoms with van der Waals surface area (Å²) in [5.41, 5.74) is 19.5. The van der Waals surface area contributed by atoms with E-state index in [9.17, 15) is 0 Å². The zero-order valence-corrected chi connectivity index (χ0v) is 40.5. The molecule has 0 radical (unpaired) electrons. The number of hydrogen-bond donors (Lipinski definition) is 0. The Hall–Kier alpha value is -8.90. The Morgan fingerprint density at radius 2 is 0.972 bits per heavy atom. The fraction of sp³-hybridized carbons (Fsp3) is 0.0448. The molecule has 5 heteroatoms. The van der Waals surface area contributed by atoms with Gasteiger partial charge in [-0.3, -0.25) is 0 Å². The van der Waals surface area contributed by atoms with E-state index < -0.39 is 0 Å². The summed E-state index contributed by atoms with van der Waals surface area (Å²) in [6.45, 7) is 4.74. The van der Waals surface area contributed by atoms with Crippen molar-refractivity contribution in [3.05, 3.63) is 242 Å². The van der Waals surface area contributed by atoms with E-state index in [1.165, 1.54) is 125 Å². The van der Waals surface area contributed by atoms with E-state index in [1.54, 1.807) is 0 Å². The van der Waals surface area contributed by atoms with Crippen LogP contribution in [0.4, 0.5) is 0 Å². The Labute approximate surface area is 419 Å². The lowest BCUT2D eigenvalue weighted by Gasteiger charge is -2.22. The molecule has 0 aliphatic heterocycles.